The monoisotopic (exact) mass is 420 g/mol. The molecule has 1 fully saturated rings. The van der Waals surface area contributed by atoms with E-state index in [0.29, 0.717) is 48.4 Å². The largest absolute Gasteiger partial charge is 0.481 e. The number of halogens is 2. The average Bonchev–Trinajstić information content (AvgIpc) is 2.71. The van der Waals surface area contributed by atoms with Crippen LogP contribution in [0.5, 0.6) is 5.75 Å². The summed E-state index contributed by atoms with van der Waals surface area (Å²) in [5.74, 6) is 0.571. The molecule has 2 amide bonds. The lowest BCUT2D eigenvalue weighted by Crippen LogP contribution is -2.53. The van der Waals surface area contributed by atoms with E-state index in [1.807, 2.05) is 12.1 Å². The second-order valence-electron chi connectivity index (χ2n) is 6.72. The molecule has 7 heteroatoms. The molecule has 2 aromatic rings. The number of ether oxygens (including phenoxy) is 1. The molecule has 1 aliphatic rings. The van der Waals surface area contributed by atoms with Crippen LogP contribution in [0.3, 0.4) is 0 Å². The topological polar surface area (TPSA) is 49.9 Å². The van der Waals surface area contributed by atoms with Crippen molar-refractivity contribution in [3.8, 4) is 5.75 Å². The van der Waals surface area contributed by atoms with E-state index < -0.39 is 6.10 Å². The van der Waals surface area contributed by atoms with Crippen LogP contribution < -0.4 is 4.74 Å². The molecule has 148 valence electrons. The van der Waals surface area contributed by atoms with Crippen LogP contribution in [0.1, 0.15) is 12.5 Å². The first kappa shape index (κ1) is 20.5. The maximum atomic E-state index is 12.6. The fourth-order valence-electron chi connectivity index (χ4n) is 3.09. The number of benzene rings is 2. The Bertz CT molecular complexity index is 817. The van der Waals surface area contributed by atoms with Gasteiger partial charge in [-0.05, 0) is 48.9 Å². The molecule has 5 nitrogen and oxygen atoms in total. The van der Waals surface area contributed by atoms with Crippen molar-refractivity contribution in [1.29, 1.82) is 0 Å². The number of hydrogen-bond donors (Lipinski definition) is 0. The molecule has 0 aromatic heterocycles. The number of carbonyl (C=O) groups is 2. The van der Waals surface area contributed by atoms with Crippen molar-refractivity contribution in [1.82, 2.24) is 9.80 Å². The first-order valence-electron chi connectivity index (χ1n) is 9.15. The molecular formula is C21H22Cl2N2O3. The van der Waals surface area contributed by atoms with Crippen LogP contribution >= 0.6 is 23.2 Å². The normalized spacial score (nSPS) is 15.2. The summed E-state index contributed by atoms with van der Waals surface area (Å²) < 4.78 is 5.71. The Morgan fingerprint density at radius 2 is 1.39 bits per heavy atom. The van der Waals surface area contributed by atoms with Gasteiger partial charge in [0.2, 0.25) is 5.91 Å². The number of amides is 2. The van der Waals surface area contributed by atoms with Crippen molar-refractivity contribution in [2.75, 3.05) is 26.2 Å². The first-order chi connectivity index (χ1) is 13.4. The van der Waals surface area contributed by atoms with Crippen LogP contribution in [0.4, 0.5) is 0 Å². The number of carbonyl (C=O) groups excluding carboxylic acids is 2. The zero-order valence-electron chi connectivity index (χ0n) is 15.6. The van der Waals surface area contributed by atoms with Crippen molar-refractivity contribution < 1.29 is 14.3 Å². The van der Waals surface area contributed by atoms with Gasteiger partial charge in [0.1, 0.15) is 5.75 Å². The van der Waals surface area contributed by atoms with E-state index in [2.05, 4.69) is 0 Å². The maximum Gasteiger partial charge on any atom is 0.263 e. The molecule has 1 atom stereocenters. The van der Waals surface area contributed by atoms with Gasteiger partial charge in [-0.2, -0.15) is 0 Å². The van der Waals surface area contributed by atoms with Gasteiger partial charge in [0.05, 0.1) is 6.42 Å². The molecule has 1 saturated heterocycles. The van der Waals surface area contributed by atoms with Gasteiger partial charge in [-0.15, -0.1) is 0 Å². The third-order valence-electron chi connectivity index (χ3n) is 4.69. The summed E-state index contributed by atoms with van der Waals surface area (Å²) in [4.78, 5) is 28.7. The Balaban J connectivity index is 1.48. The molecular weight excluding hydrogens is 399 g/mol. The van der Waals surface area contributed by atoms with Crippen molar-refractivity contribution >= 4 is 35.0 Å². The highest BCUT2D eigenvalue weighted by molar-refractivity contribution is 6.30. The van der Waals surface area contributed by atoms with E-state index in [4.69, 9.17) is 27.9 Å². The smallest absolute Gasteiger partial charge is 0.263 e. The van der Waals surface area contributed by atoms with E-state index >= 15 is 0 Å². The van der Waals surface area contributed by atoms with Crippen molar-refractivity contribution in [3.05, 3.63) is 64.1 Å². The third kappa shape index (κ3) is 5.40. The first-order valence-corrected chi connectivity index (χ1v) is 9.91. The second kappa shape index (κ2) is 9.30. The molecule has 1 aliphatic heterocycles. The van der Waals surface area contributed by atoms with Crippen molar-refractivity contribution in [2.24, 2.45) is 0 Å². The number of hydrogen-bond acceptors (Lipinski definition) is 3. The summed E-state index contributed by atoms with van der Waals surface area (Å²) in [5, 5.41) is 1.27. The third-order valence-corrected chi connectivity index (χ3v) is 5.19. The standard InChI is InChI=1S/C21H22Cl2N2O3/c1-15(28-19-8-6-18(23)7-9-19)21(27)25-12-10-24(11-13-25)20(26)14-16-2-4-17(22)5-3-16/h2-9,15H,10-14H2,1H3. The Labute approximate surface area is 174 Å². The number of piperazine rings is 1. The summed E-state index contributed by atoms with van der Waals surface area (Å²) in [5.41, 5.74) is 0.929. The van der Waals surface area contributed by atoms with Gasteiger partial charge in [-0.1, -0.05) is 35.3 Å². The zero-order valence-corrected chi connectivity index (χ0v) is 17.1. The summed E-state index contributed by atoms with van der Waals surface area (Å²) in [7, 11) is 0. The molecule has 0 radical (unpaired) electrons. The fraction of sp³-hybridized carbons (Fsp3) is 0.333. The summed E-state index contributed by atoms with van der Waals surface area (Å²) >= 11 is 11.7. The SMILES string of the molecule is CC(Oc1ccc(Cl)cc1)C(=O)N1CCN(C(=O)Cc2ccc(Cl)cc2)CC1. The molecule has 0 bridgehead atoms. The molecule has 0 N–H and O–H groups in total. The van der Waals surface area contributed by atoms with Gasteiger partial charge in [0, 0.05) is 36.2 Å². The van der Waals surface area contributed by atoms with E-state index in [-0.39, 0.29) is 11.8 Å². The van der Waals surface area contributed by atoms with Gasteiger partial charge in [-0.25, -0.2) is 0 Å². The van der Waals surface area contributed by atoms with Gasteiger partial charge < -0.3 is 14.5 Å². The Hall–Kier alpha value is -2.24. The Morgan fingerprint density at radius 1 is 0.893 bits per heavy atom. The maximum absolute atomic E-state index is 12.6. The molecule has 28 heavy (non-hydrogen) atoms. The number of nitrogens with zero attached hydrogens (tertiary/aromatic N) is 2. The van der Waals surface area contributed by atoms with Crippen molar-refractivity contribution in [2.45, 2.75) is 19.4 Å². The zero-order chi connectivity index (χ0) is 20.1. The molecule has 0 saturated carbocycles. The van der Waals surface area contributed by atoms with Gasteiger partial charge in [0.25, 0.3) is 5.91 Å². The molecule has 3 rings (SSSR count). The fourth-order valence-corrected chi connectivity index (χ4v) is 3.34. The lowest BCUT2D eigenvalue weighted by molar-refractivity contribution is -0.143. The van der Waals surface area contributed by atoms with E-state index in [1.54, 1.807) is 53.1 Å². The highest BCUT2D eigenvalue weighted by atomic mass is 35.5. The molecule has 1 unspecified atom stereocenters. The quantitative estimate of drug-likeness (QED) is 0.740. The van der Waals surface area contributed by atoms with E-state index in [0.717, 1.165) is 5.56 Å². The molecule has 0 spiro atoms. The van der Waals surface area contributed by atoms with Crippen molar-refractivity contribution in [3.63, 3.8) is 0 Å². The lowest BCUT2D eigenvalue weighted by Gasteiger charge is -2.36. The Kier molecular flexibility index (Phi) is 6.81. The lowest BCUT2D eigenvalue weighted by atomic mass is 10.1. The van der Waals surface area contributed by atoms with Gasteiger partial charge in [-0.3, -0.25) is 9.59 Å². The van der Waals surface area contributed by atoms with Crippen LogP contribution in [0.25, 0.3) is 0 Å². The average molecular weight is 421 g/mol. The minimum absolute atomic E-state index is 0.0554. The highest BCUT2D eigenvalue weighted by Crippen LogP contribution is 2.18. The van der Waals surface area contributed by atoms with Crippen LogP contribution in [-0.4, -0.2) is 53.9 Å². The summed E-state index contributed by atoms with van der Waals surface area (Å²) in [6.07, 6.45) is -0.265. The summed E-state index contributed by atoms with van der Waals surface area (Å²) in [6.45, 7) is 3.77. The summed E-state index contributed by atoms with van der Waals surface area (Å²) in [6, 6.07) is 14.2. The molecule has 2 aromatic carbocycles. The van der Waals surface area contributed by atoms with Gasteiger partial charge >= 0.3 is 0 Å². The highest BCUT2D eigenvalue weighted by Gasteiger charge is 2.27. The van der Waals surface area contributed by atoms with Gasteiger partial charge in [0.15, 0.2) is 6.10 Å². The predicted octanol–water partition coefficient (Wildman–Crippen LogP) is 3.67. The van der Waals surface area contributed by atoms with Crippen LogP contribution in [0.15, 0.2) is 48.5 Å². The minimum atomic E-state index is -0.600. The van der Waals surface area contributed by atoms with E-state index in [1.165, 1.54) is 0 Å². The Morgan fingerprint density at radius 3 is 1.96 bits per heavy atom. The molecule has 1 heterocycles. The van der Waals surface area contributed by atoms with E-state index in [9.17, 15) is 9.59 Å². The van der Waals surface area contributed by atoms with Crippen LogP contribution in [0, 0.1) is 0 Å². The molecule has 0 aliphatic carbocycles. The van der Waals surface area contributed by atoms with Crippen LogP contribution in [0.2, 0.25) is 10.0 Å². The second-order valence-corrected chi connectivity index (χ2v) is 7.60. The number of rotatable bonds is 5. The minimum Gasteiger partial charge on any atom is -0.481 e. The van der Waals surface area contributed by atoms with Crippen LogP contribution in [-0.2, 0) is 16.0 Å². The predicted molar refractivity (Wildman–Crippen MR) is 110 cm³/mol.